The average Bonchev–Trinajstić information content (AvgIpc) is 3.58. The first-order valence-electron chi connectivity index (χ1n) is 15.1. The molecular formula is C41H24N2O2. The fourth-order valence-corrected chi connectivity index (χ4v) is 7.60. The molecule has 0 amide bonds. The summed E-state index contributed by atoms with van der Waals surface area (Å²) < 4.78 is 13.3. The van der Waals surface area contributed by atoms with Crippen LogP contribution in [0.4, 0.5) is 0 Å². The van der Waals surface area contributed by atoms with Gasteiger partial charge in [0.2, 0.25) is 0 Å². The number of fused-ring (bicyclic) bond motifs is 13. The molecule has 0 radical (unpaired) electrons. The second kappa shape index (κ2) is 9.01. The van der Waals surface area contributed by atoms with Crippen LogP contribution in [-0.2, 0) is 5.41 Å². The van der Waals surface area contributed by atoms with E-state index in [1.807, 2.05) is 60.9 Å². The summed E-state index contributed by atoms with van der Waals surface area (Å²) in [5.41, 5.74) is 12.0. The van der Waals surface area contributed by atoms with Crippen molar-refractivity contribution in [2.45, 2.75) is 5.41 Å². The van der Waals surface area contributed by atoms with Crippen molar-refractivity contribution >= 4 is 0 Å². The molecule has 0 saturated carbocycles. The lowest BCUT2D eigenvalue weighted by molar-refractivity contribution is 0.354. The zero-order valence-electron chi connectivity index (χ0n) is 24.1. The molecule has 3 aliphatic rings. The molecule has 0 N–H and O–H groups in total. The summed E-state index contributed by atoms with van der Waals surface area (Å²) in [7, 11) is 0. The summed E-state index contributed by atoms with van der Waals surface area (Å²) in [4.78, 5) is 9.69. The van der Waals surface area contributed by atoms with E-state index in [-0.39, 0.29) is 0 Å². The molecular weight excluding hydrogens is 552 g/mol. The molecule has 0 bridgehead atoms. The van der Waals surface area contributed by atoms with Gasteiger partial charge in [-0.25, -0.2) is 9.97 Å². The first-order chi connectivity index (χ1) is 22.3. The van der Waals surface area contributed by atoms with Crippen molar-refractivity contribution in [3.05, 3.63) is 168 Å². The van der Waals surface area contributed by atoms with Crippen LogP contribution in [0.2, 0.25) is 0 Å². The molecule has 0 saturated heterocycles. The Hall–Kier alpha value is -6.00. The lowest BCUT2D eigenvalue weighted by Crippen LogP contribution is -2.27. The van der Waals surface area contributed by atoms with Gasteiger partial charge in [0.25, 0.3) is 0 Å². The standard InChI is InChI=1S/C41H24N2O2/c1-2-10-25(11-3-1)27-23-42-40(43-24-27)26-18-19-30-31-20-21-37-39(45-36-17-9-8-16-35(36)44-37)38(31)41(34(30)22-26)32-14-6-4-12-28(32)29-13-5-7-15-33(29)41/h1-24H. The maximum atomic E-state index is 6.79. The van der Waals surface area contributed by atoms with Gasteiger partial charge in [0, 0.05) is 29.1 Å². The van der Waals surface area contributed by atoms with Crippen LogP contribution in [0.3, 0.4) is 0 Å². The molecule has 10 rings (SSSR count). The number of rotatable bonds is 2. The van der Waals surface area contributed by atoms with Crippen LogP contribution in [-0.4, -0.2) is 9.97 Å². The quantitative estimate of drug-likeness (QED) is 0.205. The van der Waals surface area contributed by atoms with Gasteiger partial charge >= 0.3 is 0 Å². The minimum absolute atomic E-state index is 0.612. The molecule has 1 aromatic heterocycles. The molecule has 2 aliphatic carbocycles. The Kier molecular flexibility index (Phi) is 4.89. The molecule has 210 valence electrons. The van der Waals surface area contributed by atoms with Gasteiger partial charge < -0.3 is 9.47 Å². The van der Waals surface area contributed by atoms with Crippen molar-refractivity contribution in [1.82, 2.24) is 9.97 Å². The van der Waals surface area contributed by atoms with Crippen LogP contribution in [0.25, 0.3) is 44.8 Å². The first-order valence-corrected chi connectivity index (χ1v) is 15.1. The number of ether oxygens (including phenoxy) is 2. The van der Waals surface area contributed by atoms with E-state index in [1.165, 1.54) is 33.4 Å². The predicted molar refractivity (Wildman–Crippen MR) is 176 cm³/mol. The minimum Gasteiger partial charge on any atom is -0.450 e. The van der Waals surface area contributed by atoms with Crippen molar-refractivity contribution in [3.63, 3.8) is 0 Å². The van der Waals surface area contributed by atoms with Gasteiger partial charge in [-0.2, -0.15) is 0 Å². The summed E-state index contributed by atoms with van der Waals surface area (Å²) in [5, 5.41) is 0. The smallest absolute Gasteiger partial charge is 0.175 e. The fourth-order valence-electron chi connectivity index (χ4n) is 7.60. The molecule has 1 spiro atoms. The molecule has 4 heteroatoms. The second-order valence-corrected chi connectivity index (χ2v) is 11.7. The topological polar surface area (TPSA) is 44.2 Å². The molecule has 0 atom stereocenters. The Bertz CT molecular complexity index is 2280. The summed E-state index contributed by atoms with van der Waals surface area (Å²) in [6.07, 6.45) is 3.82. The average molecular weight is 577 g/mol. The third-order valence-electron chi connectivity index (χ3n) is 9.46. The van der Waals surface area contributed by atoms with Crippen LogP contribution >= 0.6 is 0 Å². The lowest BCUT2D eigenvalue weighted by atomic mass is 9.70. The van der Waals surface area contributed by atoms with Gasteiger partial charge in [-0.15, -0.1) is 0 Å². The summed E-state index contributed by atoms with van der Waals surface area (Å²) >= 11 is 0. The lowest BCUT2D eigenvalue weighted by Gasteiger charge is -2.33. The molecule has 45 heavy (non-hydrogen) atoms. The fraction of sp³-hybridized carbons (Fsp3) is 0.0244. The molecule has 1 aliphatic heterocycles. The van der Waals surface area contributed by atoms with Gasteiger partial charge in [-0.3, -0.25) is 0 Å². The van der Waals surface area contributed by atoms with Crippen LogP contribution in [0.15, 0.2) is 146 Å². The van der Waals surface area contributed by atoms with Gasteiger partial charge in [0.15, 0.2) is 28.8 Å². The Morgan fingerprint density at radius 2 is 1.02 bits per heavy atom. The summed E-state index contributed by atoms with van der Waals surface area (Å²) in [6.45, 7) is 0. The number of aromatic nitrogens is 2. The number of hydrogen-bond donors (Lipinski definition) is 0. The molecule has 7 aromatic rings. The highest BCUT2D eigenvalue weighted by molar-refractivity contribution is 5.97. The monoisotopic (exact) mass is 576 g/mol. The largest absolute Gasteiger partial charge is 0.450 e. The molecule has 0 unspecified atom stereocenters. The van der Waals surface area contributed by atoms with Crippen molar-refractivity contribution < 1.29 is 9.47 Å². The molecule has 6 aromatic carbocycles. The van der Waals surface area contributed by atoms with E-state index < -0.39 is 5.41 Å². The van der Waals surface area contributed by atoms with Crippen LogP contribution in [0, 0.1) is 0 Å². The van der Waals surface area contributed by atoms with Crippen molar-refractivity contribution in [2.75, 3.05) is 0 Å². The Morgan fingerprint density at radius 3 is 1.76 bits per heavy atom. The molecule has 4 nitrogen and oxygen atoms in total. The van der Waals surface area contributed by atoms with E-state index in [0.717, 1.165) is 50.8 Å². The third kappa shape index (κ3) is 3.26. The van der Waals surface area contributed by atoms with E-state index >= 15 is 0 Å². The van der Waals surface area contributed by atoms with Crippen molar-refractivity contribution in [3.8, 4) is 67.8 Å². The van der Waals surface area contributed by atoms with E-state index in [1.54, 1.807) is 0 Å². The minimum atomic E-state index is -0.612. The Morgan fingerprint density at radius 1 is 0.422 bits per heavy atom. The summed E-state index contributed by atoms with van der Waals surface area (Å²) in [5.74, 6) is 3.62. The van der Waals surface area contributed by atoms with E-state index in [0.29, 0.717) is 5.82 Å². The number of benzene rings is 6. The van der Waals surface area contributed by atoms with E-state index in [4.69, 9.17) is 19.4 Å². The van der Waals surface area contributed by atoms with Gasteiger partial charge in [0.05, 0.1) is 5.41 Å². The van der Waals surface area contributed by atoms with Crippen LogP contribution in [0.5, 0.6) is 23.0 Å². The van der Waals surface area contributed by atoms with E-state index in [9.17, 15) is 0 Å². The van der Waals surface area contributed by atoms with E-state index in [2.05, 4.69) is 84.9 Å². The van der Waals surface area contributed by atoms with Crippen molar-refractivity contribution in [1.29, 1.82) is 0 Å². The first kappa shape index (κ1) is 24.4. The van der Waals surface area contributed by atoms with Gasteiger partial charge in [-0.05, 0) is 68.8 Å². The maximum Gasteiger partial charge on any atom is 0.175 e. The highest BCUT2D eigenvalue weighted by atomic mass is 16.6. The van der Waals surface area contributed by atoms with Gasteiger partial charge in [0.1, 0.15) is 0 Å². The normalized spacial score (nSPS) is 13.9. The number of para-hydroxylation sites is 2. The van der Waals surface area contributed by atoms with Crippen LogP contribution in [0.1, 0.15) is 22.3 Å². The summed E-state index contributed by atoms with van der Waals surface area (Å²) in [6, 6.07) is 46.5. The second-order valence-electron chi connectivity index (χ2n) is 11.7. The predicted octanol–water partition coefficient (Wildman–Crippen LogP) is 10.1. The van der Waals surface area contributed by atoms with Crippen molar-refractivity contribution in [2.24, 2.45) is 0 Å². The number of nitrogens with zero attached hydrogens (tertiary/aromatic N) is 2. The maximum absolute atomic E-state index is 6.79. The molecule has 2 heterocycles. The zero-order chi connectivity index (χ0) is 29.5. The Labute approximate surface area is 260 Å². The van der Waals surface area contributed by atoms with Gasteiger partial charge in [-0.1, -0.05) is 109 Å². The highest BCUT2D eigenvalue weighted by Gasteiger charge is 2.54. The Balaban J connectivity index is 1.24. The van der Waals surface area contributed by atoms with Crippen LogP contribution < -0.4 is 9.47 Å². The third-order valence-corrected chi connectivity index (χ3v) is 9.46. The highest BCUT2D eigenvalue weighted by Crippen LogP contribution is 2.67. The number of hydrogen-bond acceptors (Lipinski definition) is 4. The molecule has 0 fully saturated rings. The zero-order valence-corrected chi connectivity index (χ0v) is 24.1. The SMILES string of the molecule is c1ccc(-c2cnc(-c3ccc4c(c3)C3(c5ccccc5-c5ccccc53)c3c-4ccc4c3Oc3ccccc3O4)nc2)cc1.